The first kappa shape index (κ1) is 29.0. The van der Waals surface area contributed by atoms with Gasteiger partial charge in [0.2, 0.25) is 0 Å². The Morgan fingerprint density at radius 3 is 2.46 bits per heavy atom. The molecule has 1 saturated carbocycles. The highest BCUT2D eigenvalue weighted by Crippen LogP contribution is 2.48. The minimum absolute atomic E-state index is 0.196. The quantitative estimate of drug-likeness (QED) is 0.145. The summed E-state index contributed by atoms with van der Waals surface area (Å²) in [7, 11) is 1.60. The van der Waals surface area contributed by atoms with Crippen LogP contribution in [0.2, 0.25) is 0 Å². The minimum atomic E-state index is -0.760. The summed E-state index contributed by atoms with van der Waals surface area (Å²) in [5, 5.41) is 12.2. The lowest BCUT2D eigenvalue weighted by Gasteiger charge is -2.24. The summed E-state index contributed by atoms with van der Waals surface area (Å²) in [5.41, 5.74) is 4.13. The number of aliphatic carboxylic acids is 1. The van der Waals surface area contributed by atoms with Crippen LogP contribution >= 0.6 is 11.9 Å². The zero-order valence-corrected chi connectivity index (χ0v) is 23.4. The summed E-state index contributed by atoms with van der Waals surface area (Å²) in [6, 6.07) is 10.2. The predicted octanol–water partition coefficient (Wildman–Crippen LogP) is 7.00. The number of rotatable bonds is 16. The number of anilines is 1. The molecule has 2 N–H and O–H groups in total. The van der Waals surface area contributed by atoms with Gasteiger partial charge in [-0.25, -0.2) is 4.39 Å². The van der Waals surface area contributed by atoms with Crippen molar-refractivity contribution in [3.05, 3.63) is 53.3 Å². The molecule has 7 nitrogen and oxygen atoms in total. The van der Waals surface area contributed by atoms with Crippen molar-refractivity contribution in [1.82, 2.24) is 5.32 Å². The van der Waals surface area contributed by atoms with Crippen molar-refractivity contribution in [1.29, 1.82) is 0 Å². The number of hydrogen-bond donors (Lipinski definition) is 2. The highest BCUT2D eigenvalue weighted by molar-refractivity contribution is 7.99. The van der Waals surface area contributed by atoms with Crippen LogP contribution in [-0.2, 0) is 9.53 Å². The van der Waals surface area contributed by atoms with Gasteiger partial charge >= 0.3 is 5.97 Å². The second-order valence-electron chi connectivity index (χ2n) is 9.88. The maximum Gasteiger partial charge on any atom is 0.303 e. The minimum Gasteiger partial charge on any atom is -0.481 e. The SMILES string of the molecule is CNC(=O)c1c(-c2ccc(F)cc2)oc2cc(N(CCCCCOCCCCC(=O)O)SC)c(C3CC3)cc12. The summed E-state index contributed by atoms with van der Waals surface area (Å²) in [6.45, 7) is 2.17. The van der Waals surface area contributed by atoms with Crippen LogP contribution in [0.25, 0.3) is 22.3 Å². The summed E-state index contributed by atoms with van der Waals surface area (Å²) < 4.78 is 27.8. The molecule has 1 aliphatic carbocycles. The van der Waals surface area contributed by atoms with Crippen molar-refractivity contribution < 1.29 is 28.2 Å². The molecule has 0 saturated heterocycles. The molecular formula is C30H37FN2O5S. The van der Waals surface area contributed by atoms with Crippen molar-refractivity contribution in [2.75, 3.05) is 37.4 Å². The molecule has 1 amide bonds. The molecule has 0 spiro atoms. The van der Waals surface area contributed by atoms with Gasteiger partial charge in [-0.15, -0.1) is 0 Å². The summed E-state index contributed by atoms with van der Waals surface area (Å²) in [5.74, 6) is -0.414. The zero-order valence-electron chi connectivity index (χ0n) is 22.6. The predicted molar refractivity (Wildman–Crippen MR) is 154 cm³/mol. The van der Waals surface area contributed by atoms with Gasteiger partial charge in [0.05, 0.1) is 11.3 Å². The number of amides is 1. The number of halogens is 1. The number of nitrogens with one attached hydrogen (secondary N) is 1. The standard InChI is InChI=1S/C30H37FN2O5S/c1-32-30(36)28-24-18-23(20-9-10-20)25(19-26(24)38-29(28)21-11-13-22(31)14-12-21)33(39-2)15-5-3-6-16-37-17-7-4-8-27(34)35/h11-14,18-20H,3-10,15-17H2,1-2H3,(H,32,36)(H,34,35). The first-order valence-corrected chi connectivity index (χ1v) is 14.8. The molecular weight excluding hydrogens is 519 g/mol. The summed E-state index contributed by atoms with van der Waals surface area (Å²) in [4.78, 5) is 23.5. The number of hydrogen-bond acceptors (Lipinski definition) is 6. The lowest BCUT2D eigenvalue weighted by atomic mass is 10.0. The topological polar surface area (TPSA) is 92.0 Å². The largest absolute Gasteiger partial charge is 0.481 e. The Labute approximate surface area is 233 Å². The highest BCUT2D eigenvalue weighted by atomic mass is 32.2. The second kappa shape index (κ2) is 13.8. The maximum atomic E-state index is 13.6. The third-order valence-corrected chi connectivity index (χ3v) is 7.80. The monoisotopic (exact) mass is 556 g/mol. The van der Waals surface area contributed by atoms with Crippen LogP contribution in [0.3, 0.4) is 0 Å². The van der Waals surface area contributed by atoms with Gasteiger partial charge < -0.3 is 23.9 Å². The van der Waals surface area contributed by atoms with E-state index in [2.05, 4.69) is 28.0 Å². The van der Waals surface area contributed by atoms with E-state index in [0.29, 0.717) is 48.0 Å². The molecule has 0 bridgehead atoms. The average molecular weight is 557 g/mol. The number of ether oxygens (including phenoxy) is 1. The Morgan fingerprint density at radius 2 is 1.82 bits per heavy atom. The van der Waals surface area contributed by atoms with E-state index < -0.39 is 5.97 Å². The van der Waals surface area contributed by atoms with Gasteiger partial charge in [0.25, 0.3) is 5.91 Å². The fourth-order valence-electron chi connectivity index (χ4n) is 4.77. The van der Waals surface area contributed by atoms with Crippen LogP contribution in [0.4, 0.5) is 10.1 Å². The Morgan fingerprint density at radius 1 is 1.10 bits per heavy atom. The fourth-order valence-corrected chi connectivity index (χ4v) is 5.44. The maximum absolute atomic E-state index is 13.6. The Bertz CT molecular complexity index is 1270. The first-order chi connectivity index (χ1) is 18.9. The van der Waals surface area contributed by atoms with E-state index >= 15 is 0 Å². The third-order valence-electron chi connectivity index (χ3n) is 6.98. The molecule has 210 valence electrons. The molecule has 1 heterocycles. The number of nitrogens with zero attached hydrogens (tertiary/aromatic N) is 1. The number of benzene rings is 2. The lowest BCUT2D eigenvalue weighted by Crippen LogP contribution is -2.18. The Balaban J connectivity index is 1.47. The Kier molecular flexibility index (Phi) is 10.3. The van der Waals surface area contributed by atoms with E-state index in [1.807, 2.05) is 0 Å². The van der Waals surface area contributed by atoms with Gasteiger partial charge in [-0.3, -0.25) is 9.59 Å². The molecule has 0 atom stereocenters. The third kappa shape index (κ3) is 7.54. The van der Waals surface area contributed by atoms with Crippen molar-refractivity contribution in [3.63, 3.8) is 0 Å². The molecule has 1 aliphatic rings. The molecule has 0 unspecified atom stereocenters. The molecule has 0 radical (unpaired) electrons. The highest BCUT2D eigenvalue weighted by Gasteiger charge is 2.31. The van der Waals surface area contributed by atoms with E-state index in [4.69, 9.17) is 14.3 Å². The van der Waals surface area contributed by atoms with Crippen LogP contribution in [0.1, 0.15) is 73.2 Å². The van der Waals surface area contributed by atoms with E-state index in [0.717, 1.165) is 56.1 Å². The first-order valence-electron chi connectivity index (χ1n) is 13.6. The number of furan rings is 1. The summed E-state index contributed by atoms with van der Waals surface area (Å²) >= 11 is 1.68. The molecule has 1 fully saturated rings. The zero-order chi connectivity index (χ0) is 27.8. The molecule has 1 aromatic heterocycles. The number of carboxylic acid groups (broad SMARTS) is 1. The fraction of sp³-hybridized carbons (Fsp3) is 0.467. The van der Waals surface area contributed by atoms with E-state index in [9.17, 15) is 14.0 Å². The summed E-state index contributed by atoms with van der Waals surface area (Å²) in [6.07, 6.45) is 8.95. The van der Waals surface area contributed by atoms with E-state index in [1.54, 1.807) is 31.1 Å². The molecule has 9 heteroatoms. The van der Waals surface area contributed by atoms with Crippen LogP contribution in [0.5, 0.6) is 0 Å². The number of fused-ring (bicyclic) bond motifs is 1. The van der Waals surface area contributed by atoms with Gasteiger partial charge in [-0.05, 0) is 86.8 Å². The van der Waals surface area contributed by atoms with Gasteiger partial charge in [0.1, 0.15) is 17.2 Å². The molecule has 39 heavy (non-hydrogen) atoms. The van der Waals surface area contributed by atoms with Gasteiger partial charge in [0, 0.05) is 56.5 Å². The normalized spacial score (nSPS) is 13.1. The van der Waals surface area contributed by atoms with Gasteiger partial charge in [0.15, 0.2) is 0 Å². The van der Waals surface area contributed by atoms with Crippen LogP contribution in [0, 0.1) is 5.82 Å². The van der Waals surface area contributed by atoms with Gasteiger partial charge in [-0.2, -0.15) is 0 Å². The van der Waals surface area contributed by atoms with Crippen LogP contribution in [-0.4, -0.2) is 50.0 Å². The number of carbonyl (C=O) groups excluding carboxylic acids is 1. The molecule has 2 aromatic carbocycles. The average Bonchev–Trinajstić information content (AvgIpc) is 3.71. The van der Waals surface area contributed by atoms with Crippen molar-refractivity contribution in [2.45, 2.75) is 57.3 Å². The van der Waals surface area contributed by atoms with E-state index in [1.165, 1.54) is 17.7 Å². The molecule has 3 aromatic rings. The number of carboxylic acids is 1. The lowest BCUT2D eigenvalue weighted by molar-refractivity contribution is -0.137. The Hall–Kier alpha value is -3.04. The molecule has 4 rings (SSSR count). The van der Waals surface area contributed by atoms with Crippen LogP contribution in [0.15, 0.2) is 40.8 Å². The van der Waals surface area contributed by atoms with Crippen molar-refractivity contribution in [2.24, 2.45) is 0 Å². The van der Waals surface area contributed by atoms with Crippen molar-refractivity contribution in [3.8, 4) is 11.3 Å². The van der Waals surface area contributed by atoms with Gasteiger partial charge in [-0.1, -0.05) is 11.9 Å². The van der Waals surface area contributed by atoms with Crippen molar-refractivity contribution >= 4 is 40.5 Å². The van der Waals surface area contributed by atoms with E-state index in [-0.39, 0.29) is 18.1 Å². The smallest absolute Gasteiger partial charge is 0.303 e. The second-order valence-corrected chi connectivity index (χ2v) is 10.7. The molecule has 0 aliphatic heterocycles. The van der Waals surface area contributed by atoms with Crippen LogP contribution < -0.4 is 9.62 Å². The number of carbonyl (C=O) groups is 2. The number of unbranched alkanes of at least 4 members (excludes halogenated alkanes) is 3.